The summed E-state index contributed by atoms with van der Waals surface area (Å²) in [4.78, 5) is 17.0. The van der Waals surface area contributed by atoms with E-state index in [0.29, 0.717) is 6.54 Å². The first kappa shape index (κ1) is 19.4. The highest BCUT2D eigenvalue weighted by Crippen LogP contribution is 2.30. The summed E-state index contributed by atoms with van der Waals surface area (Å²) in [5.41, 5.74) is 3.98. The van der Waals surface area contributed by atoms with Gasteiger partial charge in [-0.25, -0.2) is 0 Å². The van der Waals surface area contributed by atoms with Gasteiger partial charge < -0.3 is 5.32 Å². The summed E-state index contributed by atoms with van der Waals surface area (Å²) in [6, 6.07) is 14.1. The molecule has 1 N–H and O–H groups in total. The van der Waals surface area contributed by atoms with E-state index in [-0.39, 0.29) is 17.1 Å². The van der Waals surface area contributed by atoms with Gasteiger partial charge in [0.05, 0.1) is 10.8 Å². The van der Waals surface area contributed by atoms with Crippen molar-refractivity contribution in [3.8, 4) is 0 Å². The Morgan fingerprint density at radius 1 is 1.17 bits per heavy atom. The lowest BCUT2D eigenvalue weighted by Crippen LogP contribution is -2.35. The maximum absolute atomic E-state index is 12.9. The van der Waals surface area contributed by atoms with Gasteiger partial charge in [-0.15, -0.1) is 10.2 Å². The highest BCUT2D eigenvalue weighted by atomic mass is 32.2. The fourth-order valence-corrected chi connectivity index (χ4v) is 4.42. The van der Waals surface area contributed by atoms with Crippen LogP contribution >= 0.6 is 11.8 Å². The number of hydrogen-bond acceptors (Lipinski definition) is 5. The molecular weight excluding hydrogens is 382 g/mol. The normalized spacial score (nSPS) is 12.6. The molecule has 1 amide bonds. The molecule has 0 radical (unpaired) electrons. The van der Waals surface area contributed by atoms with Crippen LogP contribution in [-0.2, 0) is 11.3 Å². The molecule has 0 fully saturated rings. The molecule has 0 aliphatic carbocycles. The van der Waals surface area contributed by atoms with E-state index in [2.05, 4.69) is 39.6 Å². The number of thioether (sulfide) groups is 1. The molecule has 4 rings (SSSR count). The van der Waals surface area contributed by atoms with Crippen LogP contribution in [0, 0.1) is 12.8 Å². The van der Waals surface area contributed by atoms with E-state index >= 15 is 0 Å². The van der Waals surface area contributed by atoms with Crippen LogP contribution in [0.1, 0.15) is 25.0 Å². The van der Waals surface area contributed by atoms with Crippen LogP contribution in [0.25, 0.3) is 16.6 Å². The summed E-state index contributed by atoms with van der Waals surface area (Å²) in [5, 5.41) is 13.4. The van der Waals surface area contributed by atoms with E-state index in [1.165, 1.54) is 11.8 Å². The molecule has 6 nitrogen and oxygen atoms in total. The monoisotopic (exact) mass is 405 g/mol. The van der Waals surface area contributed by atoms with E-state index < -0.39 is 0 Å². The second-order valence-corrected chi connectivity index (χ2v) is 8.49. The average molecular weight is 406 g/mol. The lowest BCUT2D eigenvalue weighted by atomic mass is 10.1. The first-order valence-electron chi connectivity index (χ1n) is 9.61. The van der Waals surface area contributed by atoms with Gasteiger partial charge in [0.15, 0.2) is 10.8 Å². The summed E-state index contributed by atoms with van der Waals surface area (Å²) < 4.78 is 2.04. The molecule has 7 heteroatoms. The SMILES string of the molecule is Cc1cc2nnc(S[C@@H](C(=O)NCc3cccnc3)C(C)C)n2c2ccccc12. The zero-order valence-electron chi connectivity index (χ0n) is 16.7. The molecular formula is C22H23N5OS. The number of carbonyl (C=O) groups excluding carboxylic acids is 1. The lowest BCUT2D eigenvalue weighted by Gasteiger charge is -2.19. The number of para-hydroxylation sites is 1. The van der Waals surface area contributed by atoms with E-state index in [4.69, 9.17) is 0 Å². The van der Waals surface area contributed by atoms with Crippen molar-refractivity contribution in [3.05, 3.63) is 66.0 Å². The third kappa shape index (κ3) is 3.96. The van der Waals surface area contributed by atoms with Crippen LogP contribution < -0.4 is 5.32 Å². The van der Waals surface area contributed by atoms with Gasteiger partial charge in [0.1, 0.15) is 0 Å². The molecule has 0 aliphatic heterocycles. The number of carbonyl (C=O) groups is 1. The smallest absolute Gasteiger partial charge is 0.234 e. The van der Waals surface area contributed by atoms with Crippen molar-refractivity contribution in [1.29, 1.82) is 0 Å². The largest absolute Gasteiger partial charge is 0.351 e. The Kier molecular flexibility index (Phi) is 5.49. The molecule has 0 bridgehead atoms. The van der Waals surface area contributed by atoms with E-state index in [0.717, 1.165) is 32.8 Å². The van der Waals surface area contributed by atoms with Crippen LogP contribution in [0.3, 0.4) is 0 Å². The summed E-state index contributed by atoms with van der Waals surface area (Å²) in [7, 11) is 0. The second kappa shape index (κ2) is 8.21. The number of nitrogens with zero attached hydrogens (tertiary/aromatic N) is 4. The van der Waals surface area contributed by atoms with Gasteiger partial charge in [-0.3, -0.25) is 14.2 Å². The van der Waals surface area contributed by atoms with Crippen molar-refractivity contribution < 1.29 is 4.79 Å². The number of hydrogen-bond donors (Lipinski definition) is 1. The maximum Gasteiger partial charge on any atom is 0.234 e. The van der Waals surface area contributed by atoms with Gasteiger partial charge in [-0.2, -0.15) is 0 Å². The molecule has 3 aromatic heterocycles. The number of aryl methyl sites for hydroxylation is 1. The summed E-state index contributed by atoms with van der Waals surface area (Å²) in [6.07, 6.45) is 3.48. The number of nitrogens with one attached hydrogen (secondary N) is 1. The van der Waals surface area contributed by atoms with E-state index in [1.807, 2.05) is 48.6 Å². The van der Waals surface area contributed by atoms with Crippen LogP contribution in [-0.4, -0.2) is 30.7 Å². The Morgan fingerprint density at radius 2 is 2.00 bits per heavy atom. The molecule has 0 unspecified atom stereocenters. The van der Waals surface area contributed by atoms with Crippen LogP contribution in [0.4, 0.5) is 0 Å². The predicted molar refractivity (Wildman–Crippen MR) is 116 cm³/mol. The minimum Gasteiger partial charge on any atom is -0.351 e. The molecule has 1 atom stereocenters. The van der Waals surface area contributed by atoms with Gasteiger partial charge in [0.25, 0.3) is 0 Å². The van der Waals surface area contributed by atoms with Crippen molar-refractivity contribution in [3.63, 3.8) is 0 Å². The molecule has 3 heterocycles. The highest BCUT2D eigenvalue weighted by Gasteiger charge is 2.26. The fraction of sp³-hybridized carbons (Fsp3) is 0.273. The van der Waals surface area contributed by atoms with E-state index in [9.17, 15) is 4.79 Å². The Hall–Kier alpha value is -2.93. The molecule has 0 spiro atoms. The summed E-state index contributed by atoms with van der Waals surface area (Å²) >= 11 is 1.46. The average Bonchev–Trinajstić information content (AvgIpc) is 3.13. The Morgan fingerprint density at radius 3 is 2.76 bits per heavy atom. The quantitative estimate of drug-likeness (QED) is 0.491. The van der Waals surface area contributed by atoms with Gasteiger partial charge >= 0.3 is 0 Å². The fourth-order valence-electron chi connectivity index (χ4n) is 3.35. The highest BCUT2D eigenvalue weighted by molar-refractivity contribution is 8.00. The lowest BCUT2D eigenvalue weighted by molar-refractivity contribution is -0.121. The molecule has 29 heavy (non-hydrogen) atoms. The first-order valence-corrected chi connectivity index (χ1v) is 10.5. The Labute approximate surface area is 173 Å². The maximum atomic E-state index is 12.9. The summed E-state index contributed by atoms with van der Waals surface area (Å²) in [5.74, 6) is 0.125. The minimum absolute atomic E-state index is 0.0120. The number of fused-ring (bicyclic) bond motifs is 3. The zero-order chi connectivity index (χ0) is 20.4. The number of aromatic nitrogens is 4. The number of rotatable bonds is 6. The molecule has 1 aromatic carbocycles. The molecule has 148 valence electrons. The third-order valence-corrected chi connectivity index (χ3v) is 6.35. The second-order valence-electron chi connectivity index (χ2n) is 7.38. The van der Waals surface area contributed by atoms with Crippen LogP contribution in [0.5, 0.6) is 0 Å². The van der Waals surface area contributed by atoms with Crippen LogP contribution in [0.2, 0.25) is 0 Å². The first-order chi connectivity index (χ1) is 14.0. The van der Waals surface area contributed by atoms with Gasteiger partial charge in [-0.1, -0.05) is 49.9 Å². The Bertz CT molecular complexity index is 1160. The standard InChI is InChI=1S/C22H23N5OS/c1-14(2)20(21(28)24-13-16-7-6-10-23-12-16)29-22-26-25-19-11-15(3)17-8-4-5-9-18(17)27(19)22/h4-12,14,20H,13H2,1-3H3,(H,24,28)/t20-/m1/s1. The molecule has 0 saturated carbocycles. The molecule has 0 saturated heterocycles. The molecule has 0 aliphatic rings. The van der Waals surface area contributed by atoms with Crippen molar-refractivity contribution in [2.75, 3.05) is 0 Å². The van der Waals surface area contributed by atoms with Crippen molar-refractivity contribution in [1.82, 2.24) is 24.9 Å². The number of pyridine rings is 2. The zero-order valence-corrected chi connectivity index (χ0v) is 17.5. The van der Waals surface area contributed by atoms with Gasteiger partial charge in [0, 0.05) is 24.3 Å². The topological polar surface area (TPSA) is 72.2 Å². The van der Waals surface area contributed by atoms with Crippen LogP contribution in [0.15, 0.2) is 60.0 Å². The number of benzene rings is 1. The molecule has 4 aromatic rings. The van der Waals surface area contributed by atoms with Crippen molar-refractivity contribution in [2.45, 2.75) is 37.7 Å². The summed E-state index contributed by atoms with van der Waals surface area (Å²) in [6.45, 7) is 6.63. The van der Waals surface area contributed by atoms with Gasteiger partial charge in [0.2, 0.25) is 5.91 Å². The Balaban J connectivity index is 1.62. The predicted octanol–water partition coefficient (Wildman–Crippen LogP) is 4.02. The van der Waals surface area contributed by atoms with Gasteiger partial charge in [-0.05, 0) is 42.2 Å². The minimum atomic E-state index is -0.279. The van der Waals surface area contributed by atoms with E-state index in [1.54, 1.807) is 12.4 Å². The van der Waals surface area contributed by atoms with Crippen molar-refractivity contribution in [2.24, 2.45) is 5.92 Å². The van der Waals surface area contributed by atoms with Crippen molar-refractivity contribution >= 4 is 34.2 Å². The number of amides is 1. The third-order valence-electron chi connectivity index (χ3n) is 4.86.